The fourth-order valence-corrected chi connectivity index (χ4v) is 4.31. The molecule has 3 rings (SSSR count). The molecule has 0 aliphatic heterocycles. The smallest absolute Gasteiger partial charge is 0.415 e. The lowest BCUT2D eigenvalue weighted by atomic mass is 10.0. The van der Waals surface area contributed by atoms with Gasteiger partial charge in [-0.3, -0.25) is 4.79 Å². The highest BCUT2D eigenvalue weighted by atomic mass is 32.2. The van der Waals surface area contributed by atoms with Crippen LogP contribution in [0.15, 0.2) is 93.2 Å². The van der Waals surface area contributed by atoms with Crippen molar-refractivity contribution < 1.29 is 13.8 Å². The van der Waals surface area contributed by atoms with E-state index in [9.17, 15) is 9.35 Å². The number of amidine groups is 1. The molecule has 0 saturated heterocycles. The van der Waals surface area contributed by atoms with Gasteiger partial charge < -0.3 is 19.6 Å². The number of carbonyl (C=O) groups excluding carboxylic acids is 1. The van der Waals surface area contributed by atoms with Crippen LogP contribution < -0.4 is 10.6 Å². The van der Waals surface area contributed by atoms with Crippen molar-refractivity contribution in [1.82, 2.24) is 4.98 Å². The van der Waals surface area contributed by atoms with E-state index in [0.29, 0.717) is 11.3 Å². The zero-order valence-electron chi connectivity index (χ0n) is 24.2. The van der Waals surface area contributed by atoms with E-state index in [1.807, 2.05) is 76.4 Å². The van der Waals surface area contributed by atoms with Crippen LogP contribution in [0.3, 0.4) is 0 Å². The summed E-state index contributed by atoms with van der Waals surface area (Å²) in [4.78, 5) is 22.1. The summed E-state index contributed by atoms with van der Waals surface area (Å²) in [6, 6.07) is 13.1. The summed E-state index contributed by atoms with van der Waals surface area (Å²) in [5, 5.41) is 6.22. The first-order valence-corrected chi connectivity index (χ1v) is 14.8. The van der Waals surface area contributed by atoms with Gasteiger partial charge in [-0.25, -0.2) is 4.99 Å². The highest BCUT2D eigenvalue weighted by Crippen LogP contribution is 2.29. The predicted molar refractivity (Wildman–Crippen MR) is 166 cm³/mol. The summed E-state index contributed by atoms with van der Waals surface area (Å²) in [5.74, 6) is 0.791. The van der Waals surface area contributed by atoms with Crippen molar-refractivity contribution in [3.63, 3.8) is 0 Å². The molecule has 2 aromatic carbocycles. The highest BCUT2D eigenvalue weighted by Gasteiger charge is 2.26. The van der Waals surface area contributed by atoms with Gasteiger partial charge in [0, 0.05) is 40.2 Å². The van der Waals surface area contributed by atoms with E-state index in [4.69, 9.17) is 4.42 Å². The monoisotopic (exact) mass is 558 g/mol. The van der Waals surface area contributed by atoms with E-state index in [-0.39, 0.29) is 22.6 Å². The van der Waals surface area contributed by atoms with E-state index in [0.717, 1.165) is 29.1 Å². The Kier molecular flexibility index (Phi) is 11.1. The second-order valence-corrected chi connectivity index (χ2v) is 10.8. The van der Waals surface area contributed by atoms with Gasteiger partial charge in [0.1, 0.15) is 12.1 Å². The molecule has 1 aromatic heterocycles. The summed E-state index contributed by atoms with van der Waals surface area (Å²) >= 11 is -1.48. The van der Waals surface area contributed by atoms with Gasteiger partial charge in [0.2, 0.25) is 0 Å². The van der Waals surface area contributed by atoms with Crippen LogP contribution in [-0.2, 0) is 11.2 Å². The van der Waals surface area contributed by atoms with Gasteiger partial charge in [-0.1, -0.05) is 74.0 Å². The first-order valence-electron chi connectivity index (χ1n) is 13.3. The number of benzene rings is 2. The van der Waals surface area contributed by atoms with Gasteiger partial charge in [-0.05, 0) is 57.4 Å². The van der Waals surface area contributed by atoms with E-state index in [2.05, 4.69) is 58.8 Å². The number of rotatable bonds is 10. The maximum atomic E-state index is 13.3. The Hall–Kier alpha value is -3.88. The number of allylic oxidation sites excluding steroid dienone is 5. The third kappa shape index (κ3) is 8.31. The van der Waals surface area contributed by atoms with Crippen molar-refractivity contribution >= 4 is 34.3 Å². The molecule has 0 aliphatic carbocycles. The molecule has 0 saturated carbocycles. The minimum Gasteiger partial charge on any atom is -0.608 e. The van der Waals surface area contributed by atoms with Crippen molar-refractivity contribution in [1.29, 1.82) is 0 Å². The van der Waals surface area contributed by atoms with Crippen LogP contribution in [0.2, 0.25) is 0 Å². The number of nitrogens with zero attached hydrogens (tertiary/aromatic N) is 2. The molecule has 3 aromatic rings. The molecular formula is C32H38N4O3S. The number of nitrogens with one attached hydrogen (secondary N) is 2. The molecule has 210 valence electrons. The van der Waals surface area contributed by atoms with Crippen molar-refractivity contribution in [3.05, 3.63) is 95.4 Å². The summed E-state index contributed by atoms with van der Waals surface area (Å²) < 4.78 is 17.8. The third-order valence-corrected chi connectivity index (χ3v) is 6.91. The largest absolute Gasteiger partial charge is 0.608 e. The molecule has 1 amide bonds. The van der Waals surface area contributed by atoms with Gasteiger partial charge in [0.25, 0.3) is 5.91 Å². The van der Waals surface area contributed by atoms with Crippen LogP contribution in [0.1, 0.15) is 55.7 Å². The highest BCUT2D eigenvalue weighted by molar-refractivity contribution is 7.90. The molecule has 1 heterocycles. The van der Waals surface area contributed by atoms with Crippen LogP contribution in [-0.4, -0.2) is 27.5 Å². The fraction of sp³-hybridized carbons (Fsp3) is 0.281. The lowest BCUT2D eigenvalue weighted by Gasteiger charge is -2.12. The molecule has 0 fully saturated rings. The van der Waals surface area contributed by atoms with Crippen molar-refractivity contribution in [2.45, 2.75) is 53.2 Å². The van der Waals surface area contributed by atoms with E-state index in [1.54, 1.807) is 0 Å². The Balaban J connectivity index is 1.77. The van der Waals surface area contributed by atoms with Crippen molar-refractivity contribution in [2.24, 2.45) is 10.9 Å². The van der Waals surface area contributed by atoms with Gasteiger partial charge in [0.05, 0.1) is 0 Å². The number of oxazole rings is 1. The van der Waals surface area contributed by atoms with E-state index >= 15 is 0 Å². The SMILES string of the molecule is C/C=C(\C=C/CC)C(C)/C=C\N=C(/C)Nc1cc(NC(=O)c2nc([S+](C)[O-])oc2-c2ccc(C)cc2)ccc1C. The molecule has 2 unspecified atom stereocenters. The molecule has 2 N–H and O–H groups in total. The average molecular weight is 559 g/mol. The lowest BCUT2D eigenvalue weighted by Crippen LogP contribution is -2.15. The van der Waals surface area contributed by atoms with Crippen LogP contribution in [0.5, 0.6) is 0 Å². The Morgan fingerprint density at radius 2 is 1.90 bits per heavy atom. The first-order chi connectivity index (χ1) is 19.1. The summed E-state index contributed by atoms with van der Waals surface area (Å²) in [6.45, 7) is 12.1. The number of amides is 1. The van der Waals surface area contributed by atoms with Crippen LogP contribution in [0.4, 0.5) is 11.4 Å². The Morgan fingerprint density at radius 1 is 1.18 bits per heavy atom. The topological polar surface area (TPSA) is 103 Å². The quantitative estimate of drug-likeness (QED) is 0.114. The van der Waals surface area contributed by atoms with Crippen LogP contribution in [0.25, 0.3) is 11.3 Å². The minimum atomic E-state index is -1.48. The average Bonchev–Trinajstić information content (AvgIpc) is 3.38. The number of aliphatic imine (C=N–C) groups is 1. The van der Waals surface area contributed by atoms with Gasteiger partial charge in [-0.2, -0.15) is 4.98 Å². The third-order valence-electron chi connectivity index (χ3n) is 6.24. The van der Waals surface area contributed by atoms with Gasteiger partial charge >= 0.3 is 5.22 Å². The molecule has 7 nitrogen and oxygen atoms in total. The number of aryl methyl sites for hydroxylation is 2. The molecular weight excluding hydrogens is 520 g/mol. The Bertz CT molecular complexity index is 1430. The first kappa shape index (κ1) is 30.7. The number of hydrogen-bond acceptors (Lipinski definition) is 5. The normalized spacial score (nSPS) is 14.1. The van der Waals surface area contributed by atoms with Crippen molar-refractivity contribution in [3.8, 4) is 11.3 Å². The Morgan fingerprint density at radius 3 is 2.55 bits per heavy atom. The lowest BCUT2D eigenvalue weighted by molar-refractivity contribution is 0.102. The molecule has 0 aliphatic rings. The van der Waals surface area contributed by atoms with E-state index < -0.39 is 17.1 Å². The molecule has 0 spiro atoms. The predicted octanol–water partition coefficient (Wildman–Crippen LogP) is 7.84. The summed E-state index contributed by atoms with van der Waals surface area (Å²) in [5.41, 5.74) is 5.47. The second kappa shape index (κ2) is 14.5. The zero-order chi connectivity index (χ0) is 29.2. The standard InChI is InChI=1S/C32H38N4O3S/c1-8-10-11-25(9-2)22(4)18-19-33-24(6)34-28-20-27(17-14-23(28)5)35-31(37)29-30(39-32(36-29)40(7)38)26-15-12-21(3)13-16-26/h9-20,22H,8H2,1-7H3,(H,33,34)(H,35,37)/b11-10-,19-18-,25-9+. The molecule has 40 heavy (non-hydrogen) atoms. The zero-order valence-corrected chi connectivity index (χ0v) is 25.1. The maximum absolute atomic E-state index is 13.3. The van der Waals surface area contributed by atoms with Crippen LogP contribution >= 0.6 is 0 Å². The number of carbonyl (C=O) groups is 1. The van der Waals surface area contributed by atoms with Crippen molar-refractivity contribution in [2.75, 3.05) is 16.9 Å². The van der Waals surface area contributed by atoms with E-state index in [1.165, 1.54) is 11.8 Å². The molecule has 0 bridgehead atoms. The van der Waals surface area contributed by atoms with Gasteiger partial charge in [-0.15, -0.1) is 0 Å². The second-order valence-electron chi connectivity index (χ2n) is 9.53. The summed E-state index contributed by atoms with van der Waals surface area (Å²) in [7, 11) is 0. The molecule has 0 radical (unpaired) electrons. The maximum Gasteiger partial charge on any atom is 0.415 e. The number of hydrogen-bond donors (Lipinski definition) is 2. The Labute approximate surface area is 240 Å². The molecule has 8 heteroatoms. The number of anilines is 2. The number of aromatic nitrogens is 1. The molecule has 2 atom stereocenters. The summed E-state index contributed by atoms with van der Waals surface area (Å²) in [6.07, 6.45) is 12.8. The minimum absolute atomic E-state index is 0.00382. The van der Waals surface area contributed by atoms with Crippen LogP contribution in [0, 0.1) is 19.8 Å². The van der Waals surface area contributed by atoms with Gasteiger partial charge in [0.15, 0.2) is 11.5 Å². The fourth-order valence-electron chi connectivity index (χ4n) is 3.89.